The molecule has 1 heterocycles. The number of carbonyl (C=O) groups excluding carboxylic acids is 1. The van der Waals surface area contributed by atoms with E-state index in [1.54, 1.807) is 18.2 Å². The van der Waals surface area contributed by atoms with E-state index in [-0.39, 0.29) is 23.5 Å². The van der Waals surface area contributed by atoms with E-state index in [0.29, 0.717) is 16.8 Å². The number of fused-ring (bicyclic) bond motifs is 1. The van der Waals surface area contributed by atoms with Crippen LogP contribution >= 0.6 is 0 Å². The number of nitrogens with two attached hydrogens (primary N) is 1. The number of hydrogen-bond donors (Lipinski definition) is 2. The maximum atomic E-state index is 13.2. The standard InChI is InChI=1S/C26H25N3O4S/c1-17(2)33-20-7-5-6-19(14-20)25-15-23(22-8-3-4-9-24(22)29-25)26(30)28-16-18-10-12-21(13-11-18)34(27,31)32/h3-15,17H,16H2,1-2H3,(H,28,30)(H2,27,31,32). The normalized spacial score (nSPS) is 11.5. The predicted octanol–water partition coefficient (Wildman–Crippen LogP) is 4.27. The summed E-state index contributed by atoms with van der Waals surface area (Å²) in [4.78, 5) is 18.0. The number of rotatable bonds is 7. The van der Waals surface area contributed by atoms with Gasteiger partial charge in [-0.2, -0.15) is 0 Å². The molecular weight excluding hydrogens is 450 g/mol. The van der Waals surface area contributed by atoms with Gasteiger partial charge in [0.2, 0.25) is 10.0 Å². The van der Waals surface area contributed by atoms with Crippen LogP contribution in [0.25, 0.3) is 22.2 Å². The molecule has 174 valence electrons. The molecule has 3 N–H and O–H groups in total. The average Bonchev–Trinajstić information content (AvgIpc) is 2.81. The highest BCUT2D eigenvalue weighted by Gasteiger charge is 2.15. The minimum Gasteiger partial charge on any atom is -0.491 e. The summed E-state index contributed by atoms with van der Waals surface area (Å²) < 4.78 is 28.7. The Bertz CT molecular complexity index is 1450. The van der Waals surface area contributed by atoms with Crippen LogP contribution in [0.4, 0.5) is 0 Å². The van der Waals surface area contributed by atoms with Crippen molar-refractivity contribution < 1.29 is 17.9 Å². The fraction of sp³-hybridized carbons (Fsp3) is 0.154. The molecule has 34 heavy (non-hydrogen) atoms. The number of para-hydroxylation sites is 1. The maximum Gasteiger partial charge on any atom is 0.252 e. The van der Waals surface area contributed by atoms with Crippen LogP contribution < -0.4 is 15.2 Å². The lowest BCUT2D eigenvalue weighted by Gasteiger charge is -2.13. The molecule has 0 saturated heterocycles. The van der Waals surface area contributed by atoms with Gasteiger partial charge in [-0.1, -0.05) is 42.5 Å². The first-order valence-corrected chi connectivity index (χ1v) is 12.3. The molecule has 1 amide bonds. The minimum absolute atomic E-state index is 0.0241. The largest absolute Gasteiger partial charge is 0.491 e. The molecule has 0 aliphatic heterocycles. The van der Waals surface area contributed by atoms with Crippen molar-refractivity contribution in [2.75, 3.05) is 0 Å². The molecular formula is C26H25N3O4S. The molecule has 3 aromatic carbocycles. The van der Waals surface area contributed by atoms with Crippen LogP contribution in [0, 0.1) is 0 Å². The molecule has 0 spiro atoms. The Hall–Kier alpha value is -3.75. The first-order valence-electron chi connectivity index (χ1n) is 10.8. The highest BCUT2D eigenvalue weighted by molar-refractivity contribution is 7.89. The summed E-state index contributed by atoms with van der Waals surface area (Å²) in [6.45, 7) is 4.16. The molecule has 0 aliphatic rings. The Morgan fingerprint density at radius 1 is 1.00 bits per heavy atom. The van der Waals surface area contributed by atoms with Gasteiger partial charge in [0.1, 0.15) is 5.75 Å². The van der Waals surface area contributed by atoms with E-state index in [0.717, 1.165) is 22.3 Å². The number of carbonyl (C=O) groups is 1. The first kappa shape index (κ1) is 23.4. The Morgan fingerprint density at radius 3 is 2.44 bits per heavy atom. The second kappa shape index (κ2) is 9.62. The number of hydrogen-bond acceptors (Lipinski definition) is 5. The summed E-state index contributed by atoms with van der Waals surface area (Å²) in [5, 5.41) is 8.79. The maximum absolute atomic E-state index is 13.2. The lowest BCUT2D eigenvalue weighted by molar-refractivity contribution is 0.0952. The third-order valence-electron chi connectivity index (χ3n) is 5.17. The molecule has 4 rings (SSSR count). The Kier molecular flexibility index (Phi) is 6.63. The number of nitrogens with zero attached hydrogens (tertiary/aromatic N) is 1. The SMILES string of the molecule is CC(C)Oc1cccc(-c2cc(C(=O)NCc3ccc(S(N)(=O)=O)cc3)c3ccccc3n2)c1. The zero-order valence-electron chi connectivity index (χ0n) is 18.9. The van der Waals surface area contributed by atoms with Crippen molar-refractivity contribution in [3.8, 4) is 17.0 Å². The fourth-order valence-electron chi connectivity index (χ4n) is 3.59. The molecule has 1 aromatic heterocycles. The molecule has 0 fully saturated rings. The van der Waals surface area contributed by atoms with Crippen molar-refractivity contribution in [2.45, 2.75) is 31.4 Å². The fourth-order valence-corrected chi connectivity index (χ4v) is 4.10. The van der Waals surface area contributed by atoms with Crippen LogP contribution in [0.15, 0.2) is 83.8 Å². The van der Waals surface area contributed by atoms with Crippen molar-refractivity contribution in [1.82, 2.24) is 10.3 Å². The third-order valence-corrected chi connectivity index (χ3v) is 6.10. The van der Waals surface area contributed by atoms with Gasteiger partial charge < -0.3 is 10.1 Å². The highest BCUT2D eigenvalue weighted by atomic mass is 32.2. The Balaban J connectivity index is 1.63. The summed E-state index contributed by atoms with van der Waals surface area (Å²) >= 11 is 0. The molecule has 0 radical (unpaired) electrons. The average molecular weight is 476 g/mol. The number of pyridine rings is 1. The summed E-state index contributed by atoms with van der Waals surface area (Å²) in [6, 6.07) is 23.0. The van der Waals surface area contributed by atoms with Crippen molar-refractivity contribution in [1.29, 1.82) is 0 Å². The van der Waals surface area contributed by atoms with Gasteiger partial charge in [0.25, 0.3) is 5.91 Å². The lowest BCUT2D eigenvalue weighted by atomic mass is 10.0. The Morgan fingerprint density at radius 2 is 1.74 bits per heavy atom. The van der Waals surface area contributed by atoms with E-state index in [1.165, 1.54) is 12.1 Å². The third kappa shape index (κ3) is 5.41. The van der Waals surface area contributed by atoms with Gasteiger partial charge in [-0.3, -0.25) is 4.79 Å². The van der Waals surface area contributed by atoms with Gasteiger partial charge in [0.05, 0.1) is 27.8 Å². The van der Waals surface area contributed by atoms with Gasteiger partial charge in [-0.25, -0.2) is 18.5 Å². The zero-order chi connectivity index (χ0) is 24.3. The monoisotopic (exact) mass is 475 g/mol. The Labute approximate surface area is 198 Å². The van der Waals surface area contributed by atoms with Gasteiger partial charge in [-0.15, -0.1) is 0 Å². The van der Waals surface area contributed by atoms with E-state index in [2.05, 4.69) is 5.32 Å². The highest BCUT2D eigenvalue weighted by Crippen LogP contribution is 2.27. The van der Waals surface area contributed by atoms with Crippen molar-refractivity contribution in [3.63, 3.8) is 0 Å². The summed E-state index contributed by atoms with van der Waals surface area (Å²) in [5.74, 6) is 0.473. The first-order chi connectivity index (χ1) is 16.2. The molecule has 7 nitrogen and oxygen atoms in total. The van der Waals surface area contributed by atoms with E-state index >= 15 is 0 Å². The number of aromatic nitrogens is 1. The quantitative estimate of drug-likeness (QED) is 0.415. The van der Waals surface area contributed by atoms with Crippen molar-refractivity contribution >= 4 is 26.8 Å². The predicted molar refractivity (Wildman–Crippen MR) is 132 cm³/mol. The molecule has 4 aromatic rings. The molecule has 0 atom stereocenters. The number of ether oxygens (including phenoxy) is 1. The second-order valence-corrected chi connectivity index (χ2v) is 9.70. The molecule has 0 aliphatic carbocycles. The number of nitrogens with one attached hydrogen (secondary N) is 1. The second-order valence-electron chi connectivity index (χ2n) is 8.14. The summed E-state index contributed by atoms with van der Waals surface area (Å²) in [5.41, 5.74) is 3.46. The number of amides is 1. The smallest absolute Gasteiger partial charge is 0.252 e. The van der Waals surface area contributed by atoms with Gasteiger partial charge >= 0.3 is 0 Å². The van der Waals surface area contributed by atoms with Crippen LogP contribution in [0.5, 0.6) is 5.75 Å². The van der Waals surface area contributed by atoms with Crippen LogP contribution in [-0.2, 0) is 16.6 Å². The number of sulfonamides is 1. The topological polar surface area (TPSA) is 111 Å². The van der Waals surface area contributed by atoms with E-state index < -0.39 is 10.0 Å². The summed E-state index contributed by atoms with van der Waals surface area (Å²) in [6.07, 6.45) is 0.0418. The van der Waals surface area contributed by atoms with Crippen molar-refractivity contribution in [2.24, 2.45) is 5.14 Å². The number of primary sulfonamides is 1. The molecule has 0 bridgehead atoms. The van der Waals surface area contributed by atoms with Crippen LogP contribution in [0.2, 0.25) is 0 Å². The van der Waals surface area contributed by atoms with Gasteiger partial charge in [0.15, 0.2) is 0 Å². The van der Waals surface area contributed by atoms with E-state index in [1.807, 2.05) is 62.4 Å². The minimum atomic E-state index is -3.76. The zero-order valence-corrected chi connectivity index (χ0v) is 19.7. The summed E-state index contributed by atoms with van der Waals surface area (Å²) in [7, 11) is -3.76. The van der Waals surface area contributed by atoms with Crippen LogP contribution in [-0.4, -0.2) is 25.4 Å². The van der Waals surface area contributed by atoms with E-state index in [9.17, 15) is 13.2 Å². The van der Waals surface area contributed by atoms with Gasteiger partial charge in [-0.05, 0) is 55.8 Å². The van der Waals surface area contributed by atoms with Crippen molar-refractivity contribution in [3.05, 3.63) is 90.0 Å². The molecule has 8 heteroatoms. The van der Waals surface area contributed by atoms with Crippen LogP contribution in [0.3, 0.4) is 0 Å². The lowest BCUT2D eigenvalue weighted by Crippen LogP contribution is -2.23. The van der Waals surface area contributed by atoms with E-state index in [4.69, 9.17) is 14.9 Å². The van der Waals surface area contributed by atoms with Gasteiger partial charge in [0, 0.05) is 17.5 Å². The van der Waals surface area contributed by atoms with Crippen LogP contribution in [0.1, 0.15) is 29.8 Å². The molecule has 0 unspecified atom stereocenters. The molecule has 0 saturated carbocycles. The number of benzene rings is 3.